The summed E-state index contributed by atoms with van der Waals surface area (Å²) >= 11 is 0. The van der Waals surface area contributed by atoms with Crippen LogP contribution in [0, 0.1) is 5.92 Å². The highest BCUT2D eigenvalue weighted by atomic mass is 16.7. The summed E-state index contributed by atoms with van der Waals surface area (Å²) < 4.78 is 5.78. The van der Waals surface area contributed by atoms with Gasteiger partial charge >= 0.3 is 12.1 Å². The number of nitrogens with zero attached hydrogens (tertiary/aromatic N) is 2. The Labute approximate surface area is 219 Å². The van der Waals surface area contributed by atoms with E-state index < -0.39 is 29.8 Å². The highest BCUT2D eigenvalue weighted by Crippen LogP contribution is 2.44. The molecule has 1 fully saturated rings. The molecule has 0 aromatic heterocycles. The van der Waals surface area contributed by atoms with Crippen LogP contribution in [0.5, 0.6) is 0 Å². The molecule has 2 aliphatic heterocycles. The van der Waals surface area contributed by atoms with E-state index in [-0.39, 0.29) is 23.7 Å². The topological polar surface area (TPSA) is 93.2 Å². The Morgan fingerprint density at radius 1 is 0.737 bits per heavy atom. The van der Waals surface area contributed by atoms with Crippen molar-refractivity contribution in [2.75, 3.05) is 19.7 Å². The van der Waals surface area contributed by atoms with Gasteiger partial charge in [0.15, 0.2) is 0 Å². The summed E-state index contributed by atoms with van der Waals surface area (Å²) in [6.45, 7) is 1.00. The van der Waals surface area contributed by atoms with Gasteiger partial charge in [-0.1, -0.05) is 65.7 Å². The monoisotopic (exact) mass is 510 g/mol. The van der Waals surface area contributed by atoms with Crippen LogP contribution in [0.15, 0.2) is 72.8 Å². The first kappa shape index (κ1) is 23.9. The lowest BCUT2D eigenvalue weighted by Gasteiger charge is -2.22. The first-order chi connectivity index (χ1) is 18.5. The maximum absolute atomic E-state index is 13.0. The lowest BCUT2D eigenvalue weighted by atomic mass is 9.98. The molecular weight excluding hydrogens is 484 g/mol. The van der Waals surface area contributed by atoms with Crippen LogP contribution in [0.4, 0.5) is 4.79 Å². The molecule has 3 aliphatic rings. The fourth-order valence-electron chi connectivity index (χ4n) is 5.61. The van der Waals surface area contributed by atoms with Gasteiger partial charge in [0.1, 0.15) is 6.61 Å². The fraction of sp³-hybridized carbons (Fsp3) is 0.267. The number of hydrogen-bond acceptors (Lipinski definition) is 6. The van der Waals surface area contributed by atoms with Crippen molar-refractivity contribution in [1.29, 1.82) is 0 Å². The minimum atomic E-state index is -0.646. The van der Waals surface area contributed by atoms with E-state index >= 15 is 0 Å². The number of amides is 3. The quantitative estimate of drug-likeness (QED) is 0.469. The number of rotatable bonds is 4. The van der Waals surface area contributed by atoms with Crippen LogP contribution in [-0.4, -0.2) is 53.5 Å². The summed E-state index contributed by atoms with van der Waals surface area (Å²) in [5.41, 5.74) is 5.05. The summed E-state index contributed by atoms with van der Waals surface area (Å²) in [4.78, 5) is 57.8. The molecule has 3 aromatic rings. The number of imide groups is 1. The Balaban J connectivity index is 1.06. The maximum atomic E-state index is 13.0. The summed E-state index contributed by atoms with van der Waals surface area (Å²) in [5, 5.41) is 0.543. The highest BCUT2D eigenvalue weighted by Gasteiger charge is 2.40. The van der Waals surface area contributed by atoms with Crippen molar-refractivity contribution < 1.29 is 28.8 Å². The van der Waals surface area contributed by atoms with E-state index in [1.54, 1.807) is 17.0 Å². The normalized spacial score (nSPS) is 18.5. The predicted octanol–water partition coefficient (Wildman–Crippen LogP) is 4.79. The third kappa shape index (κ3) is 4.12. The van der Waals surface area contributed by atoms with Crippen molar-refractivity contribution in [3.05, 3.63) is 95.1 Å². The average molecular weight is 511 g/mol. The standard InChI is InChI=1S/C30H26N2O6/c33-27-24-13-5-6-14-25(24)28(34)32(27)38-29(35)19-8-7-16-31(17-15-19)30(36)37-18-26-22-11-3-1-9-20(22)21-10-2-4-12-23(21)26/h1-6,9-14,19,26H,7-8,15-18H2. The molecule has 38 heavy (non-hydrogen) atoms. The Kier molecular flexibility index (Phi) is 6.15. The van der Waals surface area contributed by atoms with E-state index in [2.05, 4.69) is 24.3 Å². The van der Waals surface area contributed by atoms with Crippen LogP contribution in [0.1, 0.15) is 57.0 Å². The Morgan fingerprint density at radius 2 is 1.29 bits per heavy atom. The number of carbonyl (C=O) groups is 4. The van der Waals surface area contributed by atoms with Crippen molar-refractivity contribution in [1.82, 2.24) is 9.96 Å². The van der Waals surface area contributed by atoms with Gasteiger partial charge in [0, 0.05) is 19.0 Å². The van der Waals surface area contributed by atoms with Gasteiger partial charge in [-0.15, -0.1) is 0 Å². The van der Waals surface area contributed by atoms with Gasteiger partial charge in [0.05, 0.1) is 17.0 Å². The molecule has 6 rings (SSSR count). The molecule has 8 nitrogen and oxygen atoms in total. The fourth-order valence-corrected chi connectivity index (χ4v) is 5.61. The molecule has 0 spiro atoms. The smallest absolute Gasteiger partial charge is 0.409 e. The first-order valence-corrected chi connectivity index (χ1v) is 12.8. The minimum absolute atomic E-state index is 0.0271. The number of hydroxylamine groups is 2. The number of fused-ring (bicyclic) bond motifs is 4. The van der Waals surface area contributed by atoms with Gasteiger partial charge in [-0.25, -0.2) is 9.59 Å². The summed E-state index contributed by atoms with van der Waals surface area (Å²) in [6.07, 6.45) is 0.995. The zero-order valence-corrected chi connectivity index (χ0v) is 20.7. The molecule has 3 aromatic carbocycles. The molecule has 3 amide bonds. The van der Waals surface area contributed by atoms with E-state index in [1.165, 1.54) is 23.3 Å². The van der Waals surface area contributed by atoms with Crippen LogP contribution in [-0.2, 0) is 14.4 Å². The first-order valence-electron chi connectivity index (χ1n) is 12.8. The van der Waals surface area contributed by atoms with Crippen LogP contribution in [0.3, 0.4) is 0 Å². The molecule has 1 unspecified atom stereocenters. The largest absolute Gasteiger partial charge is 0.448 e. The van der Waals surface area contributed by atoms with Crippen molar-refractivity contribution >= 4 is 23.9 Å². The Hall–Kier alpha value is -4.46. The van der Waals surface area contributed by atoms with Crippen LogP contribution < -0.4 is 0 Å². The molecule has 1 atom stereocenters. The second-order valence-corrected chi connectivity index (χ2v) is 9.78. The number of likely N-dealkylation sites (tertiary alicyclic amines) is 1. The zero-order chi connectivity index (χ0) is 26.2. The lowest BCUT2D eigenvalue weighted by Crippen LogP contribution is -2.36. The van der Waals surface area contributed by atoms with E-state index in [9.17, 15) is 19.2 Å². The third-order valence-corrected chi connectivity index (χ3v) is 7.59. The third-order valence-electron chi connectivity index (χ3n) is 7.59. The second kappa shape index (κ2) is 9.78. The van der Waals surface area contributed by atoms with E-state index in [1.807, 2.05) is 24.3 Å². The summed E-state index contributed by atoms with van der Waals surface area (Å²) in [5.74, 6) is -2.50. The van der Waals surface area contributed by atoms with E-state index in [4.69, 9.17) is 9.57 Å². The highest BCUT2D eigenvalue weighted by molar-refractivity contribution is 6.20. The van der Waals surface area contributed by atoms with Crippen molar-refractivity contribution in [3.8, 4) is 11.1 Å². The molecule has 8 heteroatoms. The summed E-state index contributed by atoms with van der Waals surface area (Å²) in [6, 6.07) is 22.7. The molecule has 1 saturated heterocycles. The molecule has 0 bridgehead atoms. The maximum Gasteiger partial charge on any atom is 0.409 e. The van der Waals surface area contributed by atoms with Gasteiger partial charge in [0.2, 0.25) is 0 Å². The van der Waals surface area contributed by atoms with Crippen LogP contribution >= 0.6 is 0 Å². The molecule has 0 N–H and O–H groups in total. The minimum Gasteiger partial charge on any atom is -0.448 e. The number of carbonyl (C=O) groups excluding carboxylic acids is 4. The number of hydrogen-bond donors (Lipinski definition) is 0. The van der Waals surface area contributed by atoms with Crippen LogP contribution in [0.25, 0.3) is 11.1 Å². The van der Waals surface area contributed by atoms with Crippen molar-refractivity contribution in [3.63, 3.8) is 0 Å². The molecule has 192 valence electrons. The van der Waals surface area contributed by atoms with Crippen LogP contribution in [0.2, 0.25) is 0 Å². The average Bonchev–Trinajstić information content (AvgIpc) is 3.23. The SMILES string of the molecule is O=C(ON1C(=O)c2ccccc2C1=O)C1CCCN(C(=O)OCC2c3ccccc3-c3ccccc32)CC1. The predicted molar refractivity (Wildman–Crippen MR) is 137 cm³/mol. The number of benzene rings is 3. The molecule has 2 heterocycles. The van der Waals surface area contributed by atoms with Crippen molar-refractivity contribution in [2.24, 2.45) is 5.92 Å². The Morgan fingerprint density at radius 3 is 1.89 bits per heavy atom. The molecular formula is C30H26N2O6. The van der Waals surface area contributed by atoms with Gasteiger partial charge in [-0.2, -0.15) is 0 Å². The second-order valence-electron chi connectivity index (χ2n) is 9.78. The molecule has 0 saturated carbocycles. The van der Waals surface area contributed by atoms with Gasteiger partial charge in [0.25, 0.3) is 11.8 Å². The van der Waals surface area contributed by atoms with Gasteiger partial charge in [-0.3, -0.25) is 9.59 Å². The molecule has 1 aliphatic carbocycles. The lowest BCUT2D eigenvalue weighted by molar-refractivity contribution is -0.174. The zero-order valence-electron chi connectivity index (χ0n) is 20.7. The van der Waals surface area contributed by atoms with E-state index in [0.717, 1.165) is 11.1 Å². The van der Waals surface area contributed by atoms with Gasteiger partial charge < -0.3 is 14.5 Å². The molecule has 0 radical (unpaired) electrons. The Bertz CT molecular complexity index is 1370. The number of ether oxygens (including phenoxy) is 1. The van der Waals surface area contributed by atoms with Crippen molar-refractivity contribution in [2.45, 2.75) is 25.2 Å². The summed E-state index contributed by atoms with van der Waals surface area (Å²) in [7, 11) is 0. The van der Waals surface area contributed by atoms with Gasteiger partial charge in [-0.05, 0) is 53.6 Å². The van der Waals surface area contributed by atoms with E-state index in [0.29, 0.717) is 37.4 Å².